The normalized spacial score (nSPS) is 12.0. The smallest absolute Gasteiger partial charge is 0.657 e. The minimum absolute atomic E-state index is 0. The molecule has 10 rings (SSSR count). The van der Waals surface area contributed by atoms with Crippen molar-refractivity contribution < 1.29 is 16.5 Å². The van der Waals surface area contributed by atoms with Gasteiger partial charge in [0.2, 0.25) is 0 Å². The summed E-state index contributed by atoms with van der Waals surface area (Å²) in [6, 6.07) is 40.9. The number of benzene rings is 5. The molecule has 9 heteroatoms. The number of nitrogens with zero attached hydrogens (tertiary/aromatic N) is 7. The number of aryl methyl sites for hydroxylation is 6. The first-order chi connectivity index (χ1) is 37.7. The van der Waals surface area contributed by atoms with Crippen LogP contribution in [0, 0.1) is 64.8 Å². The van der Waals surface area contributed by atoms with Gasteiger partial charge >= 0.3 is 16.5 Å². The van der Waals surface area contributed by atoms with E-state index in [2.05, 4.69) is 263 Å². The molecule has 0 N–H and O–H groups in total. The maximum atomic E-state index is 5.61. The Morgan fingerprint density at radius 2 is 0.863 bits per heavy atom. The maximum Gasteiger partial charge on any atom is 2.00 e. The third-order valence-electron chi connectivity index (χ3n) is 14.5. The Labute approximate surface area is 484 Å². The molecule has 3 aromatic heterocycles. The monoisotopic (exact) mass is 1110 g/mol. The van der Waals surface area contributed by atoms with E-state index in [1.165, 1.54) is 11.1 Å². The standard InChI is InChI=1S/C71H69N7Si.Ni/c1-15-78(16-2)77-76-56-42-52(41-55(43-56)71(9,10)11)18-17-50-19-23-53(24-20-50)67-57-27-31-61(72-57)69(65-46(5)37-44(3)38-47(65)6)63-33-29-59(74-63)68(54-25-21-51(22-26-54)35-36-79(12,13)14)60-30-34-64(75-60)70(62-32-28-58(67)73-62)66-48(7)39-45(4)40-49(66)8;/h19-34,37-43H,15-16H2,1-14H3;/q-2;+2. The molecule has 0 radical (unpaired) electrons. The van der Waals surface area contributed by atoms with E-state index in [1.807, 2.05) is 11.1 Å². The second-order valence-electron chi connectivity index (χ2n) is 23.2. The summed E-state index contributed by atoms with van der Waals surface area (Å²) in [7, 11) is -1.58. The van der Waals surface area contributed by atoms with Gasteiger partial charge in [-0.2, -0.15) is 0 Å². The van der Waals surface area contributed by atoms with E-state index in [9.17, 15) is 0 Å². The van der Waals surface area contributed by atoms with Crippen molar-refractivity contribution in [2.24, 2.45) is 10.3 Å². The molecule has 8 aromatic rings. The summed E-state index contributed by atoms with van der Waals surface area (Å²) in [5, 5.41) is 11.1. The zero-order chi connectivity index (χ0) is 55.9. The van der Waals surface area contributed by atoms with Gasteiger partial charge in [0.15, 0.2) is 0 Å². The van der Waals surface area contributed by atoms with Crippen molar-refractivity contribution in [2.45, 2.75) is 101 Å². The second-order valence-corrected chi connectivity index (χ2v) is 27.9. The van der Waals surface area contributed by atoms with Gasteiger partial charge in [0.1, 0.15) is 8.07 Å². The molecule has 5 heterocycles. The minimum Gasteiger partial charge on any atom is -0.657 e. The van der Waals surface area contributed by atoms with Gasteiger partial charge in [0, 0.05) is 29.8 Å². The van der Waals surface area contributed by atoms with E-state index < -0.39 is 8.07 Å². The maximum absolute atomic E-state index is 5.61. The molecule has 80 heavy (non-hydrogen) atoms. The van der Waals surface area contributed by atoms with Crippen LogP contribution in [-0.2, 0) is 21.9 Å². The van der Waals surface area contributed by atoms with Crippen molar-refractivity contribution in [1.82, 2.24) is 24.9 Å². The molecule has 0 fully saturated rings. The first-order valence-corrected chi connectivity index (χ1v) is 31.0. The van der Waals surface area contributed by atoms with Gasteiger partial charge < -0.3 is 9.97 Å². The molecular weight excluding hydrogens is 1040 g/mol. The fourth-order valence-corrected chi connectivity index (χ4v) is 11.3. The zero-order valence-electron chi connectivity index (χ0n) is 48.6. The fraction of sp³-hybridized carbons (Fsp3) is 0.239. The van der Waals surface area contributed by atoms with Gasteiger partial charge in [0.25, 0.3) is 0 Å². The summed E-state index contributed by atoms with van der Waals surface area (Å²) in [6.07, 6.45) is 8.57. The molecule has 0 spiro atoms. The number of rotatable bonds is 8. The van der Waals surface area contributed by atoms with Crippen LogP contribution in [0.5, 0.6) is 0 Å². The van der Waals surface area contributed by atoms with Crippen LogP contribution in [0.1, 0.15) is 113 Å². The molecule has 0 saturated carbocycles. The van der Waals surface area contributed by atoms with Crippen molar-refractivity contribution in [3.63, 3.8) is 0 Å². The quantitative estimate of drug-likeness (QED) is 0.0655. The van der Waals surface area contributed by atoms with Gasteiger partial charge in [-0.1, -0.05) is 147 Å². The van der Waals surface area contributed by atoms with Crippen molar-refractivity contribution in [3.8, 4) is 67.8 Å². The summed E-state index contributed by atoms with van der Waals surface area (Å²) >= 11 is 0. The Morgan fingerprint density at radius 1 is 0.475 bits per heavy atom. The topological polar surface area (TPSA) is 81.9 Å². The van der Waals surface area contributed by atoms with E-state index in [0.29, 0.717) is 0 Å². The van der Waals surface area contributed by atoms with Crippen LogP contribution in [0.2, 0.25) is 19.6 Å². The molecule has 0 unspecified atom stereocenters. The van der Waals surface area contributed by atoms with E-state index >= 15 is 0 Å². The van der Waals surface area contributed by atoms with Crippen LogP contribution in [0.3, 0.4) is 0 Å². The number of aromatic nitrogens is 4. The average Bonchev–Trinajstić information content (AvgIpc) is 4.32. The van der Waals surface area contributed by atoms with Crippen LogP contribution in [0.25, 0.3) is 90.9 Å². The van der Waals surface area contributed by atoms with Gasteiger partial charge in [-0.25, -0.2) is 9.97 Å². The summed E-state index contributed by atoms with van der Waals surface area (Å²) < 4.78 is 0. The van der Waals surface area contributed by atoms with E-state index in [0.717, 1.165) is 153 Å². The molecule has 0 amide bonds. The second kappa shape index (κ2) is 23.0. The predicted molar refractivity (Wildman–Crippen MR) is 336 cm³/mol. The first-order valence-electron chi connectivity index (χ1n) is 27.5. The third-order valence-corrected chi connectivity index (χ3v) is 15.4. The Kier molecular flexibility index (Phi) is 16.3. The van der Waals surface area contributed by atoms with Crippen LogP contribution < -0.4 is 9.97 Å². The molecule has 2 aliphatic rings. The molecule has 2 aliphatic heterocycles. The number of hydrogen-bond acceptors (Lipinski definition) is 4. The van der Waals surface area contributed by atoms with Crippen molar-refractivity contribution in [3.05, 3.63) is 194 Å². The SMILES string of the molecule is CCN(CC)N=Nc1cc(C#Cc2ccc(-c3c4nc(c(-c5c(C)cc(C)cc5C)c5ccc([n-]5)c(-c5ccc(C#C[Si](C)(C)C)cc5)c5nc(c(-c6c(C)cc(C)cc6C)c6ccc3[n-]6)C=C5)C=C4)cc2)cc(C(C)(C)C)c1.[Ni+2]. The van der Waals surface area contributed by atoms with E-state index in [-0.39, 0.29) is 21.9 Å². The number of hydrogen-bond donors (Lipinski definition) is 0. The van der Waals surface area contributed by atoms with Gasteiger partial charge in [-0.05, 0) is 200 Å². The van der Waals surface area contributed by atoms with Crippen LogP contribution in [0.15, 0.2) is 126 Å². The molecular formula is C71H69N7NiSi. The molecule has 0 aliphatic carbocycles. The summed E-state index contributed by atoms with van der Waals surface area (Å²) in [5.74, 6) is 10.4. The number of fused-ring (bicyclic) bond motifs is 8. The predicted octanol–water partition coefficient (Wildman–Crippen LogP) is 17.7. The largest absolute Gasteiger partial charge is 2.00 e. The Hall–Kier alpha value is -8.07. The van der Waals surface area contributed by atoms with E-state index in [1.54, 1.807) is 0 Å². The molecule has 402 valence electrons. The van der Waals surface area contributed by atoms with Crippen LogP contribution in [-0.4, -0.2) is 36.1 Å². The fourth-order valence-electron chi connectivity index (χ4n) is 10.8. The molecule has 0 saturated heterocycles. The van der Waals surface area contributed by atoms with Gasteiger partial charge in [-0.3, -0.25) is 5.01 Å². The van der Waals surface area contributed by atoms with Crippen molar-refractivity contribution in [1.29, 1.82) is 0 Å². The Bertz CT molecular complexity index is 4030. The summed E-state index contributed by atoms with van der Waals surface area (Å²) in [6.45, 7) is 32.3. The molecule has 7 nitrogen and oxygen atoms in total. The Morgan fingerprint density at radius 3 is 1.26 bits per heavy atom. The first kappa shape index (κ1) is 56.6. The van der Waals surface area contributed by atoms with Crippen molar-refractivity contribution in [2.75, 3.05) is 13.1 Å². The van der Waals surface area contributed by atoms with Gasteiger partial charge in [-0.15, -0.1) is 32.7 Å². The summed E-state index contributed by atoms with van der Waals surface area (Å²) in [4.78, 5) is 22.4. The van der Waals surface area contributed by atoms with E-state index in [4.69, 9.17) is 19.9 Å². The Balaban J connectivity index is 0.00000774. The molecule has 0 atom stereocenters. The van der Waals surface area contributed by atoms with Crippen molar-refractivity contribution >= 4 is 60.1 Å². The molecule has 5 aromatic carbocycles. The molecule has 8 bridgehead atoms. The summed E-state index contributed by atoms with van der Waals surface area (Å²) in [5.41, 5.74) is 29.9. The average molecular weight is 1110 g/mol. The zero-order valence-corrected chi connectivity index (χ0v) is 50.6. The van der Waals surface area contributed by atoms with Crippen LogP contribution in [0.4, 0.5) is 5.69 Å². The van der Waals surface area contributed by atoms with Crippen LogP contribution >= 0.6 is 0 Å². The third kappa shape index (κ3) is 12.1. The minimum atomic E-state index is -1.58. The van der Waals surface area contributed by atoms with Gasteiger partial charge in [0.05, 0.1) is 28.5 Å².